The fraction of sp³-hybridized carbons (Fsp3) is 0.667. The van der Waals surface area contributed by atoms with E-state index >= 15 is 0 Å². The molecule has 2 heterocycles. The number of aromatic nitrogens is 2. The lowest BCUT2D eigenvalue weighted by atomic mass is 9.95. The molecule has 2 atom stereocenters. The summed E-state index contributed by atoms with van der Waals surface area (Å²) < 4.78 is 1.72. The summed E-state index contributed by atoms with van der Waals surface area (Å²) in [5.74, 6) is 0.407. The molecule has 102 valence electrons. The van der Waals surface area contributed by atoms with Gasteiger partial charge in [0, 0.05) is 18.8 Å². The Kier molecular flexibility index (Phi) is 5.16. The van der Waals surface area contributed by atoms with Gasteiger partial charge in [-0.05, 0) is 38.4 Å². The highest BCUT2D eigenvalue weighted by Crippen LogP contribution is 2.11. The fourth-order valence-corrected chi connectivity index (χ4v) is 2.14. The first-order chi connectivity index (χ1) is 8.08. The number of piperidine rings is 1. The molecule has 1 fully saturated rings. The van der Waals surface area contributed by atoms with Gasteiger partial charge in [-0.1, -0.05) is 6.92 Å². The summed E-state index contributed by atoms with van der Waals surface area (Å²) in [4.78, 5) is 12.0. The molecule has 0 radical (unpaired) electrons. The van der Waals surface area contributed by atoms with E-state index in [4.69, 9.17) is 0 Å². The molecule has 0 saturated carbocycles. The summed E-state index contributed by atoms with van der Waals surface area (Å²) in [6, 6.07) is 2.08. The molecule has 1 saturated heterocycles. The Morgan fingerprint density at radius 3 is 2.89 bits per heavy atom. The molecular formula is C12H21ClN4O. The summed E-state index contributed by atoms with van der Waals surface area (Å²) >= 11 is 0. The van der Waals surface area contributed by atoms with Crippen molar-refractivity contribution in [2.75, 3.05) is 13.1 Å². The third-order valence-corrected chi connectivity index (χ3v) is 3.45. The lowest BCUT2D eigenvalue weighted by molar-refractivity contribution is 0.0908. The van der Waals surface area contributed by atoms with Gasteiger partial charge in [0.25, 0.3) is 5.91 Å². The van der Waals surface area contributed by atoms with Gasteiger partial charge in [-0.3, -0.25) is 9.48 Å². The maximum absolute atomic E-state index is 12.0. The third kappa shape index (κ3) is 3.23. The number of aryl methyl sites for hydroxylation is 2. The van der Waals surface area contributed by atoms with Gasteiger partial charge in [0.05, 0.1) is 0 Å². The molecule has 0 aliphatic carbocycles. The van der Waals surface area contributed by atoms with Crippen LogP contribution in [0, 0.1) is 12.8 Å². The van der Waals surface area contributed by atoms with Gasteiger partial charge < -0.3 is 10.6 Å². The molecule has 1 aromatic heterocycles. The second-order valence-electron chi connectivity index (χ2n) is 4.84. The summed E-state index contributed by atoms with van der Waals surface area (Å²) in [5, 5.41) is 10.6. The van der Waals surface area contributed by atoms with Crippen LogP contribution in [0.15, 0.2) is 6.07 Å². The Morgan fingerprint density at radius 2 is 2.33 bits per heavy atom. The van der Waals surface area contributed by atoms with Crippen LogP contribution in [0.1, 0.15) is 29.5 Å². The average molecular weight is 273 g/mol. The van der Waals surface area contributed by atoms with Crippen LogP contribution in [0.5, 0.6) is 0 Å². The number of hydrogen-bond donors (Lipinski definition) is 2. The monoisotopic (exact) mass is 272 g/mol. The second kappa shape index (κ2) is 6.20. The zero-order chi connectivity index (χ0) is 12.4. The van der Waals surface area contributed by atoms with E-state index in [1.54, 1.807) is 4.68 Å². The molecule has 2 unspecified atom stereocenters. The van der Waals surface area contributed by atoms with E-state index in [0.29, 0.717) is 11.6 Å². The fourth-order valence-electron chi connectivity index (χ4n) is 2.14. The minimum Gasteiger partial charge on any atom is -0.348 e. The maximum Gasteiger partial charge on any atom is 0.272 e. The first-order valence-corrected chi connectivity index (χ1v) is 6.10. The van der Waals surface area contributed by atoms with Crippen molar-refractivity contribution in [3.05, 3.63) is 17.5 Å². The van der Waals surface area contributed by atoms with Crippen molar-refractivity contribution in [3.8, 4) is 0 Å². The molecule has 1 aliphatic heterocycles. The lowest BCUT2D eigenvalue weighted by Gasteiger charge is -2.29. The number of nitrogens with zero attached hydrogens (tertiary/aromatic N) is 2. The van der Waals surface area contributed by atoms with Crippen LogP contribution in [0.3, 0.4) is 0 Å². The van der Waals surface area contributed by atoms with Crippen LogP contribution in [0.25, 0.3) is 0 Å². The molecule has 0 bridgehead atoms. The summed E-state index contributed by atoms with van der Waals surface area (Å²) in [5.41, 5.74) is 1.50. The smallest absolute Gasteiger partial charge is 0.272 e. The molecule has 1 aromatic rings. The van der Waals surface area contributed by atoms with Crippen LogP contribution < -0.4 is 10.6 Å². The number of hydrogen-bond acceptors (Lipinski definition) is 3. The van der Waals surface area contributed by atoms with Gasteiger partial charge in [-0.15, -0.1) is 12.4 Å². The summed E-state index contributed by atoms with van der Waals surface area (Å²) in [6.45, 7) is 6.03. The summed E-state index contributed by atoms with van der Waals surface area (Å²) in [7, 11) is 1.85. The van der Waals surface area contributed by atoms with Gasteiger partial charge in [0.15, 0.2) is 0 Å². The molecule has 1 amide bonds. The van der Waals surface area contributed by atoms with E-state index in [9.17, 15) is 4.79 Å². The van der Waals surface area contributed by atoms with Crippen LogP contribution in [-0.2, 0) is 7.05 Å². The van der Waals surface area contributed by atoms with E-state index in [1.165, 1.54) is 0 Å². The summed E-state index contributed by atoms with van der Waals surface area (Å²) in [6.07, 6.45) is 0.985. The maximum atomic E-state index is 12.0. The average Bonchev–Trinajstić information content (AvgIpc) is 2.63. The SMILES string of the molecule is Cc1cc(C(=O)NC2CCNCC2C)nn1C.Cl. The van der Waals surface area contributed by atoms with Crippen molar-refractivity contribution in [2.45, 2.75) is 26.3 Å². The molecule has 0 spiro atoms. The van der Waals surface area contributed by atoms with Gasteiger partial charge in [-0.2, -0.15) is 5.10 Å². The highest BCUT2D eigenvalue weighted by molar-refractivity contribution is 5.92. The minimum absolute atomic E-state index is 0. The molecule has 2 rings (SSSR count). The van der Waals surface area contributed by atoms with Crippen molar-refractivity contribution in [1.29, 1.82) is 0 Å². The second-order valence-corrected chi connectivity index (χ2v) is 4.84. The van der Waals surface area contributed by atoms with E-state index < -0.39 is 0 Å². The normalized spacial score (nSPS) is 23.3. The molecule has 6 heteroatoms. The predicted octanol–water partition coefficient (Wildman–Crippen LogP) is 0.878. The standard InChI is InChI=1S/C12H20N4O.ClH/c1-8-7-13-5-4-10(8)14-12(17)11-6-9(2)16(3)15-11;/h6,8,10,13H,4-5,7H2,1-3H3,(H,14,17);1H. The molecule has 5 nitrogen and oxygen atoms in total. The van der Waals surface area contributed by atoms with Gasteiger partial charge in [0.2, 0.25) is 0 Å². The lowest BCUT2D eigenvalue weighted by Crippen LogP contribution is -2.48. The highest BCUT2D eigenvalue weighted by atomic mass is 35.5. The van der Waals surface area contributed by atoms with E-state index in [1.807, 2.05) is 20.0 Å². The Bertz CT molecular complexity index is 399. The van der Waals surface area contributed by atoms with Crippen molar-refractivity contribution < 1.29 is 4.79 Å². The third-order valence-electron chi connectivity index (χ3n) is 3.45. The Morgan fingerprint density at radius 1 is 1.61 bits per heavy atom. The van der Waals surface area contributed by atoms with Crippen LogP contribution >= 0.6 is 12.4 Å². The first kappa shape index (κ1) is 15.0. The number of rotatable bonds is 2. The predicted molar refractivity (Wildman–Crippen MR) is 73.1 cm³/mol. The van der Waals surface area contributed by atoms with Gasteiger partial charge in [-0.25, -0.2) is 0 Å². The molecule has 1 aliphatic rings. The highest BCUT2D eigenvalue weighted by Gasteiger charge is 2.23. The van der Waals surface area contributed by atoms with E-state index in [-0.39, 0.29) is 24.4 Å². The number of nitrogens with one attached hydrogen (secondary N) is 2. The number of amides is 1. The van der Waals surface area contributed by atoms with Crippen LogP contribution in [0.2, 0.25) is 0 Å². The Hall–Kier alpha value is -1.07. The largest absolute Gasteiger partial charge is 0.348 e. The Balaban J connectivity index is 0.00000162. The minimum atomic E-state index is -0.0625. The van der Waals surface area contributed by atoms with E-state index in [0.717, 1.165) is 25.2 Å². The first-order valence-electron chi connectivity index (χ1n) is 6.10. The number of halogens is 1. The molecular weight excluding hydrogens is 252 g/mol. The van der Waals surface area contributed by atoms with Crippen molar-refractivity contribution in [1.82, 2.24) is 20.4 Å². The number of carbonyl (C=O) groups is 1. The van der Waals surface area contributed by atoms with Crippen molar-refractivity contribution in [3.63, 3.8) is 0 Å². The zero-order valence-electron chi connectivity index (χ0n) is 11.1. The topological polar surface area (TPSA) is 59.0 Å². The zero-order valence-corrected chi connectivity index (χ0v) is 11.9. The van der Waals surface area contributed by atoms with Gasteiger partial charge >= 0.3 is 0 Å². The van der Waals surface area contributed by atoms with Crippen LogP contribution in [0.4, 0.5) is 0 Å². The van der Waals surface area contributed by atoms with Gasteiger partial charge in [0.1, 0.15) is 5.69 Å². The van der Waals surface area contributed by atoms with Crippen molar-refractivity contribution >= 4 is 18.3 Å². The molecule has 0 aromatic carbocycles. The molecule has 2 N–H and O–H groups in total. The Labute approximate surface area is 114 Å². The number of carbonyl (C=O) groups excluding carboxylic acids is 1. The quantitative estimate of drug-likeness (QED) is 0.840. The molecule has 18 heavy (non-hydrogen) atoms. The van der Waals surface area contributed by atoms with Crippen molar-refractivity contribution in [2.24, 2.45) is 13.0 Å². The van der Waals surface area contributed by atoms with Crippen LogP contribution in [-0.4, -0.2) is 34.8 Å². The van der Waals surface area contributed by atoms with E-state index in [2.05, 4.69) is 22.7 Å².